The van der Waals surface area contributed by atoms with Crippen LogP contribution < -0.4 is 5.32 Å². The molecule has 0 unspecified atom stereocenters. The first-order chi connectivity index (χ1) is 12.0. The number of fused-ring (bicyclic) bond motifs is 1. The van der Waals surface area contributed by atoms with Crippen molar-refractivity contribution in [2.45, 2.75) is 13.8 Å². The van der Waals surface area contributed by atoms with Gasteiger partial charge in [-0.2, -0.15) is 5.10 Å². The third-order valence-electron chi connectivity index (χ3n) is 4.09. The second-order valence-corrected chi connectivity index (χ2v) is 5.86. The van der Waals surface area contributed by atoms with Gasteiger partial charge in [-0.05, 0) is 36.8 Å². The molecule has 1 amide bonds. The highest BCUT2D eigenvalue weighted by Crippen LogP contribution is 2.18. The van der Waals surface area contributed by atoms with Gasteiger partial charge in [0.2, 0.25) is 0 Å². The van der Waals surface area contributed by atoms with Crippen LogP contribution in [0.3, 0.4) is 0 Å². The molecule has 3 rings (SSSR count). The van der Waals surface area contributed by atoms with Crippen molar-refractivity contribution in [2.24, 2.45) is 7.05 Å². The van der Waals surface area contributed by atoms with E-state index in [-0.39, 0.29) is 6.61 Å². The summed E-state index contributed by atoms with van der Waals surface area (Å²) >= 11 is 0. The average molecular weight is 337 g/mol. The number of amides is 1. The van der Waals surface area contributed by atoms with Crippen LogP contribution in [-0.2, 0) is 16.6 Å². The van der Waals surface area contributed by atoms with Gasteiger partial charge < -0.3 is 10.1 Å². The number of ether oxygens (including phenoxy) is 1. The van der Waals surface area contributed by atoms with Gasteiger partial charge in [-0.25, -0.2) is 4.79 Å². The van der Waals surface area contributed by atoms with Crippen LogP contribution in [0.5, 0.6) is 0 Å². The lowest BCUT2D eigenvalue weighted by Gasteiger charge is -2.07. The largest absolute Gasteiger partial charge is 0.452 e. The van der Waals surface area contributed by atoms with Crippen molar-refractivity contribution in [1.29, 1.82) is 0 Å². The number of rotatable bonds is 4. The Balaban J connectivity index is 1.63. The zero-order valence-electron chi connectivity index (χ0n) is 14.4. The quantitative estimate of drug-likeness (QED) is 0.743. The fraction of sp³-hybridized carbons (Fsp3) is 0.211. The predicted molar refractivity (Wildman–Crippen MR) is 95.5 cm³/mol. The number of carbonyl (C=O) groups excluding carboxylic acids is 2. The number of esters is 1. The van der Waals surface area contributed by atoms with Crippen LogP contribution >= 0.6 is 0 Å². The predicted octanol–water partition coefficient (Wildman–Crippen LogP) is 2.99. The normalized spacial score (nSPS) is 10.7. The van der Waals surface area contributed by atoms with E-state index < -0.39 is 11.9 Å². The summed E-state index contributed by atoms with van der Waals surface area (Å²) in [5.41, 5.74) is 2.62. The number of aryl methyl sites for hydroxylation is 2. The Kier molecular flexibility index (Phi) is 4.52. The summed E-state index contributed by atoms with van der Waals surface area (Å²) in [6.45, 7) is 3.32. The second kappa shape index (κ2) is 6.76. The number of aromatic nitrogens is 2. The molecular formula is C19H19N3O3. The Morgan fingerprint density at radius 3 is 2.52 bits per heavy atom. The monoisotopic (exact) mass is 337 g/mol. The molecule has 25 heavy (non-hydrogen) atoms. The molecule has 6 heteroatoms. The molecule has 3 aromatic rings. The molecule has 1 aromatic heterocycles. The summed E-state index contributed by atoms with van der Waals surface area (Å²) in [5.74, 6) is -0.922. The van der Waals surface area contributed by atoms with E-state index >= 15 is 0 Å². The zero-order chi connectivity index (χ0) is 18.0. The fourth-order valence-corrected chi connectivity index (χ4v) is 2.66. The highest BCUT2D eigenvalue weighted by atomic mass is 16.5. The third kappa shape index (κ3) is 3.52. The van der Waals surface area contributed by atoms with Crippen molar-refractivity contribution in [3.8, 4) is 0 Å². The minimum absolute atomic E-state index is 0.348. The van der Waals surface area contributed by atoms with E-state index in [1.54, 1.807) is 23.9 Å². The van der Waals surface area contributed by atoms with E-state index in [9.17, 15) is 9.59 Å². The standard InChI is InChI=1S/C19H19N3O3/c1-12-18(13(2)22(3)21-12)20-17(23)11-25-19(24)16-9-8-14-6-4-5-7-15(14)10-16/h4-10H,11H2,1-3H3,(H,20,23). The topological polar surface area (TPSA) is 73.2 Å². The maximum atomic E-state index is 12.2. The molecule has 0 bridgehead atoms. The van der Waals surface area contributed by atoms with E-state index in [1.165, 1.54) is 0 Å². The maximum Gasteiger partial charge on any atom is 0.338 e. The van der Waals surface area contributed by atoms with Crippen molar-refractivity contribution in [3.05, 3.63) is 59.4 Å². The van der Waals surface area contributed by atoms with Crippen LogP contribution in [0, 0.1) is 13.8 Å². The molecule has 0 atom stereocenters. The van der Waals surface area contributed by atoms with Crippen LogP contribution in [0.1, 0.15) is 21.7 Å². The highest BCUT2D eigenvalue weighted by molar-refractivity contribution is 5.98. The van der Waals surface area contributed by atoms with Gasteiger partial charge in [-0.1, -0.05) is 30.3 Å². The molecule has 0 aliphatic heterocycles. The number of hydrogen-bond acceptors (Lipinski definition) is 4. The van der Waals surface area contributed by atoms with Gasteiger partial charge >= 0.3 is 5.97 Å². The van der Waals surface area contributed by atoms with E-state index in [2.05, 4.69) is 10.4 Å². The number of anilines is 1. The molecule has 0 saturated heterocycles. The summed E-state index contributed by atoms with van der Waals surface area (Å²) < 4.78 is 6.81. The van der Waals surface area contributed by atoms with Gasteiger partial charge in [0.05, 0.1) is 22.6 Å². The molecule has 6 nitrogen and oxygen atoms in total. The van der Waals surface area contributed by atoms with Gasteiger partial charge in [-0.15, -0.1) is 0 Å². The van der Waals surface area contributed by atoms with E-state index in [0.29, 0.717) is 16.9 Å². The Morgan fingerprint density at radius 1 is 1.12 bits per heavy atom. The van der Waals surface area contributed by atoms with Crippen molar-refractivity contribution in [2.75, 3.05) is 11.9 Å². The molecule has 0 radical (unpaired) electrons. The van der Waals surface area contributed by atoms with Gasteiger partial charge in [0.1, 0.15) is 0 Å². The van der Waals surface area contributed by atoms with Gasteiger partial charge in [0, 0.05) is 7.05 Å². The molecule has 0 aliphatic carbocycles. The van der Waals surface area contributed by atoms with Crippen LogP contribution in [0.4, 0.5) is 5.69 Å². The first-order valence-corrected chi connectivity index (χ1v) is 7.91. The van der Waals surface area contributed by atoms with Crippen molar-refractivity contribution in [3.63, 3.8) is 0 Å². The Hall–Kier alpha value is -3.15. The van der Waals surface area contributed by atoms with Gasteiger partial charge in [-0.3, -0.25) is 9.48 Å². The summed E-state index contributed by atoms with van der Waals surface area (Å²) in [4.78, 5) is 24.2. The summed E-state index contributed by atoms with van der Waals surface area (Å²) in [6.07, 6.45) is 0. The summed E-state index contributed by atoms with van der Waals surface area (Å²) in [7, 11) is 1.80. The molecule has 2 aromatic carbocycles. The molecule has 128 valence electrons. The molecule has 0 fully saturated rings. The molecule has 1 N–H and O–H groups in total. The van der Waals surface area contributed by atoms with Crippen molar-refractivity contribution < 1.29 is 14.3 Å². The molecular weight excluding hydrogens is 318 g/mol. The zero-order valence-corrected chi connectivity index (χ0v) is 14.4. The molecule has 0 aliphatic rings. The summed E-state index contributed by atoms with van der Waals surface area (Å²) in [6, 6.07) is 13.0. The molecule has 0 spiro atoms. The summed E-state index contributed by atoms with van der Waals surface area (Å²) in [5, 5.41) is 8.95. The maximum absolute atomic E-state index is 12.2. The van der Waals surface area contributed by atoms with Crippen LogP contribution in [0.2, 0.25) is 0 Å². The minimum Gasteiger partial charge on any atom is -0.452 e. The van der Waals surface area contributed by atoms with E-state index in [0.717, 1.165) is 16.5 Å². The second-order valence-electron chi connectivity index (χ2n) is 5.86. The van der Waals surface area contributed by atoms with Crippen molar-refractivity contribution >= 4 is 28.3 Å². The van der Waals surface area contributed by atoms with Crippen LogP contribution in [-0.4, -0.2) is 28.3 Å². The number of nitrogens with one attached hydrogen (secondary N) is 1. The SMILES string of the molecule is Cc1nn(C)c(C)c1NC(=O)COC(=O)c1ccc2ccccc2c1. The number of benzene rings is 2. The van der Waals surface area contributed by atoms with E-state index in [1.807, 2.05) is 44.2 Å². The lowest BCUT2D eigenvalue weighted by Crippen LogP contribution is -2.21. The van der Waals surface area contributed by atoms with Crippen molar-refractivity contribution in [1.82, 2.24) is 9.78 Å². The van der Waals surface area contributed by atoms with Gasteiger partial charge in [0.15, 0.2) is 6.61 Å². The first-order valence-electron chi connectivity index (χ1n) is 7.91. The molecule has 0 saturated carbocycles. The fourth-order valence-electron chi connectivity index (χ4n) is 2.66. The van der Waals surface area contributed by atoms with Crippen LogP contribution in [0.15, 0.2) is 42.5 Å². The van der Waals surface area contributed by atoms with E-state index in [4.69, 9.17) is 4.74 Å². The smallest absolute Gasteiger partial charge is 0.338 e. The Labute approximate surface area is 145 Å². The number of carbonyl (C=O) groups is 2. The number of hydrogen-bond donors (Lipinski definition) is 1. The third-order valence-corrected chi connectivity index (χ3v) is 4.09. The number of nitrogens with zero attached hydrogens (tertiary/aromatic N) is 2. The first kappa shape index (κ1) is 16.7. The minimum atomic E-state index is -0.527. The lowest BCUT2D eigenvalue weighted by molar-refractivity contribution is -0.119. The average Bonchev–Trinajstić information content (AvgIpc) is 2.85. The Morgan fingerprint density at radius 2 is 1.84 bits per heavy atom. The highest BCUT2D eigenvalue weighted by Gasteiger charge is 2.15. The van der Waals surface area contributed by atoms with Crippen LogP contribution in [0.25, 0.3) is 10.8 Å². The van der Waals surface area contributed by atoms with Gasteiger partial charge in [0.25, 0.3) is 5.91 Å². The molecule has 1 heterocycles. The Bertz CT molecular complexity index is 960. The lowest BCUT2D eigenvalue weighted by atomic mass is 10.1.